The van der Waals surface area contributed by atoms with Crippen molar-refractivity contribution in [2.75, 3.05) is 11.9 Å². The van der Waals surface area contributed by atoms with Gasteiger partial charge in [-0.2, -0.15) is 0 Å². The first kappa shape index (κ1) is 14.0. The van der Waals surface area contributed by atoms with Gasteiger partial charge in [-0.1, -0.05) is 30.3 Å². The van der Waals surface area contributed by atoms with Crippen molar-refractivity contribution in [3.63, 3.8) is 0 Å². The Morgan fingerprint density at radius 2 is 2.00 bits per heavy atom. The molecule has 1 aromatic heterocycles. The molecule has 0 amide bonds. The number of carbonyl (C=O) groups is 1. The van der Waals surface area contributed by atoms with E-state index in [1.165, 1.54) is 18.5 Å². The highest BCUT2D eigenvalue weighted by Crippen LogP contribution is 2.16. The number of anilines is 1. The fourth-order valence-corrected chi connectivity index (χ4v) is 1.98. The number of benzene rings is 1. The second-order valence-electron chi connectivity index (χ2n) is 4.44. The zero-order valence-electron chi connectivity index (χ0n) is 10.9. The zero-order chi connectivity index (χ0) is 14.4. The molecule has 0 aliphatic carbocycles. The van der Waals surface area contributed by atoms with Gasteiger partial charge in [0.25, 0.3) is 0 Å². The summed E-state index contributed by atoms with van der Waals surface area (Å²) in [6.07, 6.45) is 3.49. The quantitative estimate of drug-likeness (QED) is 0.747. The van der Waals surface area contributed by atoms with Crippen molar-refractivity contribution < 1.29 is 15.0 Å². The van der Waals surface area contributed by atoms with Crippen LogP contribution in [0.25, 0.3) is 0 Å². The Labute approximate surface area is 116 Å². The maximum absolute atomic E-state index is 11.1. The van der Waals surface area contributed by atoms with Gasteiger partial charge in [0, 0.05) is 6.20 Å². The highest BCUT2D eigenvalue weighted by atomic mass is 16.4. The molecular weight excluding hydrogens is 256 g/mol. The van der Waals surface area contributed by atoms with Crippen molar-refractivity contribution >= 4 is 11.7 Å². The summed E-state index contributed by atoms with van der Waals surface area (Å²) in [5.74, 6) is -1.02. The van der Waals surface area contributed by atoms with E-state index in [0.29, 0.717) is 12.1 Å². The van der Waals surface area contributed by atoms with Crippen molar-refractivity contribution in [1.82, 2.24) is 4.98 Å². The molecule has 0 aliphatic heterocycles. The van der Waals surface area contributed by atoms with Crippen LogP contribution < -0.4 is 5.32 Å². The van der Waals surface area contributed by atoms with Gasteiger partial charge < -0.3 is 15.5 Å². The number of carboxylic acids is 1. The molecule has 2 aromatic rings. The second kappa shape index (κ2) is 6.68. The summed E-state index contributed by atoms with van der Waals surface area (Å²) in [4.78, 5) is 15.0. The molecule has 1 atom stereocenters. The molecular formula is C15H16N2O3. The normalized spacial score (nSPS) is 11.8. The van der Waals surface area contributed by atoms with E-state index in [9.17, 15) is 9.90 Å². The van der Waals surface area contributed by atoms with E-state index in [4.69, 9.17) is 5.11 Å². The lowest BCUT2D eigenvalue weighted by Gasteiger charge is -2.18. The Bertz CT molecular complexity index is 572. The molecule has 0 spiro atoms. The number of pyridine rings is 1. The molecule has 0 saturated carbocycles. The molecule has 0 aliphatic rings. The molecule has 1 aromatic carbocycles. The van der Waals surface area contributed by atoms with Crippen LogP contribution >= 0.6 is 0 Å². The molecule has 5 nitrogen and oxygen atoms in total. The number of aromatic carboxylic acids is 1. The van der Waals surface area contributed by atoms with Gasteiger partial charge in [0.05, 0.1) is 30.1 Å². The monoisotopic (exact) mass is 272 g/mol. The van der Waals surface area contributed by atoms with Gasteiger partial charge in [0.15, 0.2) is 0 Å². The van der Waals surface area contributed by atoms with E-state index in [1.54, 1.807) is 0 Å². The number of rotatable bonds is 6. The molecule has 1 heterocycles. The lowest BCUT2D eigenvalue weighted by Crippen LogP contribution is -2.27. The van der Waals surface area contributed by atoms with E-state index in [-0.39, 0.29) is 18.2 Å². The molecule has 0 fully saturated rings. The van der Waals surface area contributed by atoms with Gasteiger partial charge in [0.2, 0.25) is 0 Å². The van der Waals surface area contributed by atoms with Gasteiger partial charge in [-0.05, 0) is 18.1 Å². The third-order valence-electron chi connectivity index (χ3n) is 2.96. The maximum atomic E-state index is 11.1. The highest BCUT2D eigenvalue weighted by molar-refractivity contribution is 5.93. The van der Waals surface area contributed by atoms with Gasteiger partial charge in [-0.3, -0.25) is 4.98 Å². The summed E-state index contributed by atoms with van der Waals surface area (Å²) in [5.41, 5.74) is 1.63. The lowest BCUT2D eigenvalue weighted by atomic mass is 10.1. The van der Waals surface area contributed by atoms with Crippen molar-refractivity contribution in [2.24, 2.45) is 0 Å². The molecule has 3 N–H and O–H groups in total. The smallest absolute Gasteiger partial charge is 0.337 e. The molecule has 20 heavy (non-hydrogen) atoms. The summed E-state index contributed by atoms with van der Waals surface area (Å²) in [6.45, 7) is -0.0944. The van der Waals surface area contributed by atoms with E-state index in [2.05, 4.69) is 10.3 Å². The molecule has 2 rings (SSSR count). The summed E-state index contributed by atoms with van der Waals surface area (Å²) < 4.78 is 0. The fourth-order valence-electron chi connectivity index (χ4n) is 1.98. The van der Waals surface area contributed by atoms with E-state index >= 15 is 0 Å². The molecule has 0 bridgehead atoms. The third-order valence-corrected chi connectivity index (χ3v) is 2.96. The summed E-state index contributed by atoms with van der Waals surface area (Å²) in [5, 5.41) is 21.6. The summed E-state index contributed by atoms with van der Waals surface area (Å²) in [7, 11) is 0. The Kier molecular flexibility index (Phi) is 4.68. The topological polar surface area (TPSA) is 82.5 Å². The van der Waals surface area contributed by atoms with Gasteiger partial charge in [0.1, 0.15) is 0 Å². The van der Waals surface area contributed by atoms with Crippen LogP contribution in [0.3, 0.4) is 0 Å². The van der Waals surface area contributed by atoms with Gasteiger partial charge >= 0.3 is 5.97 Å². The Morgan fingerprint density at radius 3 is 2.65 bits per heavy atom. The number of hydrogen-bond acceptors (Lipinski definition) is 4. The average molecular weight is 272 g/mol. The standard InChI is InChI=1S/C15H16N2O3/c18-10-12(8-11-4-2-1-3-5-11)17-14-9-16-7-6-13(14)15(19)20/h1-7,9,12,17-18H,8,10H2,(H,19,20). The Morgan fingerprint density at radius 1 is 1.25 bits per heavy atom. The first-order chi connectivity index (χ1) is 9.70. The number of hydrogen-bond donors (Lipinski definition) is 3. The second-order valence-corrected chi connectivity index (χ2v) is 4.44. The number of aromatic nitrogens is 1. The maximum Gasteiger partial charge on any atom is 0.337 e. The van der Waals surface area contributed by atoms with Crippen LogP contribution in [-0.4, -0.2) is 33.8 Å². The Hall–Kier alpha value is -2.40. The SMILES string of the molecule is O=C(O)c1ccncc1NC(CO)Cc1ccccc1. The molecule has 5 heteroatoms. The van der Waals surface area contributed by atoms with Crippen molar-refractivity contribution in [1.29, 1.82) is 0 Å². The van der Waals surface area contributed by atoms with Crippen LogP contribution in [0.1, 0.15) is 15.9 Å². The Balaban J connectivity index is 2.13. The minimum atomic E-state index is -1.02. The molecule has 0 saturated heterocycles. The molecule has 0 radical (unpaired) electrons. The first-order valence-electron chi connectivity index (χ1n) is 6.29. The van der Waals surface area contributed by atoms with Gasteiger partial charge in [-0.25, -0.2) is 4.79 Å². The van der Waals surface area contributed by atoms with Crippen LogP contribution in [0.2, 0.25) is 0 Å². The van der Waals surface area contributed by atoms with Crippen LogP contribution in [0, 0.1) is 0 Å². The fraction of sp³-hybridized carbons (Fsp3) is 0.200. The number of nitrogens with one attached hydrogen (secondary N) is 1. The number of aliphatic hydroxyl groups is 1. The van der Waals surface area contributed by atoms with E-state index in [0.717, 1.165) is 5.56 Å². The minimum absolute atomic E-state index is 0.0944. The number of aliphatic hydroxyl groups excluding tert-OH is 1. The van der Waals surface area contributed by atoms with Crippen LogP contribution in [0.5, 0.6) is 0 Å². The van der Waals surface area contributed by atoms with Crippen LogP contribution in [0.15, 0.2) is 48.8 Å². The summed E-state index contributed by atoms with van der Waals surface area (Å²) in [6, 6.07) is 10.9. The average Bonchev–Trinajstić information content (AvgIpc) is 2.48. The van der Waals surface area contributed by atoms with Crippen LogP contribution in [0.4, 0.5) is 5.69 Å². The molecule has 1 unspecified atom stereocenters. The molecule has 104 valence electrons. The third kappa shape index (κ3) is 3.55. The van der Waals surface area contributed by atoms with Gasteiger partial charge in [-0.15, -0.1) is 0 Å². The predicted molar refractivity (Wildman–Crippen MR) is 75.8 cm³/mol. The van der Waals surface area contributed by atoms with Crippen molar-refractivity contribution in [3.8, 4) is 0 Å². The van der Waals surface area contributed by atoms with E-state index in [1.807, 2.05) is 30.3 Å². The number of carboxylic acid groups (broad SMARTS) is 1. The summed E-state index contributed by atoms with van der Waals surface area (Å²) >= 11 is 0. The highest BCUT2D eigenvalue weighted by Gasteiger charge is 2.14. The minimum Gasteiger partial charge on any atom is -0.478 e. The van der Waals surface area contributed by atoms with E-state index < -0.39 is 5.97 Å². The first-order valence-corrected chi connectivity index (χ1v) is 6.29. The van der Waals surface area contributed by atoms with Crippen molar-refractivity contribution in [3.05, 3.63) is 59.9 Å². The predicted octanol–water partition coefficient (Wildman–Crippen LogP) is 1.80. The number of nitrogens with zero attached hydrogens (tertiary/aromatic N) is 1. The largest absolute Gasteiger partial charge is 0.478 e. The van der Waals surface area contributed by atoms with Crippen LogP contribution in [-0.2, 0) is 6.42 Å². The zero-order valence-corrected chi connectivity index (χ0v) is 10.9. The lowest BCUT2D eigenvalue weighted by molar-refractivity contribution is 0.0697. The van der Waals surface area contributed by atoms with Crippen molar-refractivity contribution in [2.45, 2.75) is 12.5 Å².